The zero-order chi connectivity index (χ0) is 17.1. The first-order valence-electron chi connectivity index (χ1n) is 9.11. The van der Waals surface area contributed by atoms with Gasteiger partial charge in [-0.3, -0.25) is 0 Å². The molecule has 0 saturated heterocycles. The predicted octanol–water partition coefficient (Wildman–Crippen LogP) is 6.96. The van der Waals surface area contributed by atoms with Crippen molar-refractivity contribution >= 4 is 49.3 Å². The average molecular weight is 351 g/mol. The highest BCUT2D eigenvalue weighted by atomic mass is 32.1. The molecule has 0 bridgehead atoms. The van der Waals surface area contributed by atoms with Gasteiger partial charge in [0.2, 0.25) is 0 Å². The summed E-state index contributed by atoms with van der Waals surface area (Å²) in [5.74, 6) is 0. The van der Waals surface area contributed by atoms with Crippen molar-refractivity contribution in [3.8, 4) is 5.69 Å². The van der Waals surface area contributed by atoms with Gasteiger partial charge in [0, 0.05) is 31.4 Å². The van der Waals surface area contributed by atoms with Crippen molar-refractivity contribution in [2.24, 2.45) is 0 Å². The zero-order valence-corrected chi connectivity index (χ0v) is 15.1. The van der Waals surface area contributed by atoms with Gasteiger partial charge >= 0.3 is 0 Å². The Bertz CT molecular complexity index is 1320. The first-order valence-corrected chi connectivity index (χ1v) is 9.93. The minimum Gasteiger partial charge on any atom is -0.309 e. The van der Waals surface area contributed by atoms with E-state index in [-0.39, 0.29) is 0 Å². The van der Waals surface area contributed by atoms with Gasteiger partial charge in [0.1, 0.15) is 0 Å². The smallest absolute Gasteiger partial charge is 0.0555 e. The van der Waals surface area contributed by atoms with Crippen molar-refractivity contribution in [2.45, 2.75) is 12.8 Å². The number of rotatable bonds is 1. The number of hydrogen-bond donors (Lipinski definition) is 0. The topological polar surface area (TPSA) is 4.93 Å². The molecule has 1 aliphatic rings. The van der Waals surface area contributed by atoms with E-state index in [0.29, 0.717) is 0 Å². The molecule has 1 nitrogen and oxygen atoms in total. The minimum absolute atomic E-state index is 1.16. The van der Waals surface area contributed by atoms with Crippen LogP contribution in [0.2, 0.25) is 0 Å². The molecule has 0 unspecified atom stereocenters. The Morgan fingerprint density at radius 1 is 0.769 bits per heavy atom. The summed E-state index contributed by atoms with van der Waals surface area (Å²) in [6, 6.07) is 24.1. The van der Waals surface area contributed by atoms with Crippen molar-refractivity contribution in [3.05, 3.63) is 83.2 Å². The van der Waals surface area contributed by atoms with Crippen molar-refractivity contribution in [2.75, 3.05) is 0 Å². The maximum atomic E-state index is 2.40. The second-order valence-electron chi connectivity index (χ2n) is 6.90. The molecule has 6 rings (SSSR count). The van der Waals surface area contributed by atoms with E-state index in [4.69, 9.17) is 0 Å². The van der Waals surface area contributed by atoms with E-state index in [1.54, 1.807) is 0 Å². The van der Waals surface area contributed by atoms with Crippen LogP contribution >= 0.6 is 11.3 Å². The van der Waals surface area contributed by atoms with Crippen LogP contribution in [0, 0.1) is 0 Å². The lowest BCUT2D eigenvalue weighted by atomic mass is 10.0. The number of thiophene rings is 1. The van der Waals surface area contributed by atoms with Gasteiger partial charge in [0.15, 0.2) is 0 Å². The molecule has 0 aliphatic heterocycles. The molecule has 0 fully saturated rings. The highest BCUT2D eigenvalue weighted by Crippen LogP contribution is 2.43. The highest BCUT2D eigenvalue weighted by Gasteiger charge is 2.19. The van der Waals surface area contributed by atoms with E-state index in [0.717, 1.165) is 6.42 Å². The summed E-state index contributed by atoms with van der Waals surface area (Å²) >= 11 is 1.99. The molecule has 5 aromatic rings. The summed E-state index contributed by atoms with van der Waals surface area (Å²) in [6.07, 6.45) is 6.96. The van der Waals surface area contributed by atoms with Crippen LogP contribution in [-0.2, 0) is 6.42 Å². The third kappa shape index (κ3) is 1.85. The molecule has 124 valence electrons. The molecule has 0 N–H and O–H groups in total. The van der Waals surface area contributed by atoms with Crippen molar-refractivity contribution in [1.29, 1.82) is 0 Å². The van der Waals surface area contributed by atoms with Gasteiger partial charge in [-0.1, -0.05) is 54.6 Å². The minimum atomic E-state index is 1.16. The quantitative estimate of drug-likeness (QED) is 0.308. The second-order valence-corrected chi connectivity index (χ2v) is 8.01. The number of fused-ring (bicyclic) bond motifs is 7. The largest absolute Gasteiger partial charge is 0.309 e. The third-order valence-electron chi connectivity index (χ3n) is 5.44. The van der Waals surface area contributed by atoms with Gasteiger partial charge in [0.25, 0.3) is 0 Å². The van der Waals surface area contributed by atoms with Gasteiger partial charge < -0.3 is 4.57 Å². The van der Waals surface area contributed by atoms with E-state index in [1.807, 2.05) is 11.3 Å². The molecule has 26 heavy (non-hydrogen) atoms. The van der Waals surface area contributed by atoms with Crippen LogP contribution in [0.15, 0.2) is 72.8 Å². The fourth-order valence-corrected chi connectivity index (χ4v) is 5.67. The first kappa shape index (κ1) is 14.3. The standard InChI is InChI=1S/C24H17NS/c1-2-8-16(9-3-1)25-20-12-6-4-11-19(20)23-21(25)15-14-18-17-10-5-7-13-22(17)26-24(18)23/h1-6,8-12,14-15H,7,13H2. The van der Waals surface area contributed by atoms with Gasteiger partial charge in [-0.05, 0) is 42.7 Å². The number of hydrogen-bond acceptors (Lipinski definition) is 1. The lowest BCUT2D eigenvalue weighted by Crippen LogP contribution is -1.92. The fourth-order valence-electron chi connectivity index (χ4n) is 4.31. The van der Waals surface area contributed by atoms with Crippen molar-refractivity contribution < 1.29 is 0 Å². The van der Waals surface area contributed by atoms with Crippen molar-refractivity contribution in [1.82, 2.24) is 4.57 Å². The zero-order valence-electron chi connectivity index (χ0n) is 14.3. The van der Waals surface area contributed by atoms with Crippen LogP contribution in [0.5, 0.6) is 0 Å². The number of nitrogens with zero attached hydrogens (tertiary/aromatic N) is 1. The maximum Gasteiger partial charge on any atom is 0.0555 e. The molecule has 0 saturated carbocycles. The van der Waals surface area contributed by atoms with Crippen LogP contribution in [0.4, 0.5) is 0 Å². The fraction of sp³-hybridized carbons (Fsp3) is 0.0833. The Morgan fingerprint density at radius 2 is 1.62 bits per heavy atom. The lowest BCUT2D eigenvalue weighted by Gasteiger charge is -2.07. The summed E-state index contributed by atoms with van der Waals surface area (Å²) in [4.78, 5) is 1.53. The Labute approximate surface area is 155 Å². The van der Waals surface area contributed by atoms with E-state index < -0.39 is 0 Å². The molecule has 3 aromatic carbocycles. The van der Waals surface area contributed by atoms with E-state index >= 15 is 0 Å². The van der Waals surface area contributed by atoms with Gasteiger partial charge in [-0.2, -0.15) is 0 Å². The van der Waals surface area contributed by atoms with Gasteiger partial charge in [-0.25, -0.2) is 0 Å². The van der Waals surface area contributed by atoms with Crippen LogP contribution < -0.4 is 0 Å². The predicted molar refractivity (Wildman–Crippen MR) is 114 cm³/mol. The van der Waals surface area contributed by atoms with Crippen LogP contribution in [0.1, 0.15) is 16.9 Å². The Morgan fingerprint density at radius 3 is 2.54 bits per heavy atom. The number of para-hydroxylation sites is 2. The molecule has 2 heteroatoms. The van der Waals surface area contributed by atoms with Gasteiger partial charge in [-0.15, -0.1) is 11.3 Å². The molecule has 2 aromatic heterocycles. The Balaban J connectivity index is 1.84. The Hall–Kier alpha value is -2.84. The average Bonchev–Trinajstić information content (AvgIpc) is 3.24. The summed E-state index contributed by atoms with van der Waals surface area (Å²) in [6.45, 7) is 0. The number of aryl methyl sites for hydroxylation is 1. The monoisotopic (exact) mass is 351 g/mol. The van der Waals surface area contributed by atoms with Crippen LogP contribution in [0.25, 0.3) is 43.7 Å². The summed E-state index contributed by atoms with van der Waals surface area (Å²) in [5.41, 5.74) is 5.24. The Kier molecular flexibility index (Phi) is 2.94. The lowest BCUT2D eigenvalue weighted by molar-refractivity contribution is 1.02. The molecule has 1 aliphatic carbocycles. The van der Waals surface area contributed by atoms with Crippen molar-refractivity contribution in [3.63, 3.8) is 0 Å². The van der Waals surface area contributed by atoms with Gasteiger partial charge in [0.05, 0.1) is 11.0 Å². The summed E-state index contributed by atoms with van der Waals surface area (Å²) < 4.78 is 3.84. The number of allylic oxidation sites excluding steroid dienone is 1. The van der Waals surface area contributed by atoms with Crippen LogP contribution in [0.3, 0.4) is 0 Å². The molecular formula is C24H17NS. The molecule has 2 heterocycles. The maximum absolute atomic E-state index is 2.40. The number of aromatic nitrogens is 1. The second kappa shape index (κ2) is 5.33. The summed E-state index contributed by atoms with van der Waals surface area (Å²) in [5, 5.41) is 4.15. The van der Waals surface area contributed by atoms with E-state index in [2.05, 4.69) is 83.4 Å². The van der Waals surface area contributed by atoms with Crippen LogP contribution in [-0.4, -0.2) is 4.57 Å². The molecule has 0 spiro atoms. The first-order chi connectivity index (χ1) is 12.9. The third-order valence-corrected chi connectivity index (χ3v) is 6.74. The number of benzene rings is 3. The normalized spacial score (nSPS) is 13.7. The van der Waals surface area contributed by atoms with E-state index in [1.165, 1.54) is 54.4 Å². The molecule has 0 radical (unpaired) electrons. The molecular weight excluding hydrogens is 334 g/mol. The molecule has 0 amide bonds. The van der Waals surface area contributed by atoms with E-state index in [9.17, 15) is 0 Å². The SMILES string of the molecule is C1=Cc2c(sc3c2ccc2c3c3ccccc3n2-c2ccccc2)CC1. The highest BCUT2D eigenvalue weighted by molar-refractivity contribution is 7.20. The molecule has 0 atom stereocenters. The summed E-state index contributed by atoms with van der Waals surface area (Å²) in [7, 11) is 0.